The van der Waals surface area contributed by atoms with Crippen LogP contribution in [0.2, 0.25) is 5.15 Å². The molecule has 88 valence electrons. The molecule has 0 amide bonds. The topological polar surface area (TPSA) is 29.0 Å². The maximum atomic E-state index is 5.72. The van der Waals surface area contributed by atoms with Gasteiger partial charge in [-0.15, -0.1) is 0 Å². The standard InChI is InChI=1S/C12H18ClN3/c1-9(2)7-16(11-3-4-11)8-10-5-15-12(13)6-14-10/h5-6,9,11H,3-4,7-8H2,1-2H3. The Morgan fingerprint density at radius 2 is 2.12 bits per heavy atom. The van der Waals surface area contributed by atoms with Gasteiger partial charge in [-0.2, -0.15) is 0 Å². The summed E-state index contributed by atoms with van der Waals surface area (Å²) in [5, 5.41) is 0.464. The summed E-state index contributed by atoms with van der Waals surface area (Å²) in [6.45, 7) is 6.54. The van der Waals surface area contributed by atoms with Crippen LogP contribution in [0.15, 0.2) is 12.4 Å². The molecule has 16 heavy (non-hydrogen) atoms. The summed E-state index contributed by atoms with van der Waals surface area (Å²) in [5.41, 5.74) is 1.01. The molecule has 0 N–H and O–H groups in total. The second-order valence-electron chi connectivity index (χ2n) is 4.88. The first kappa shape index (κ1) is 11.8. The monoisotopic (exact) mass is 239 g/mol. The van der Waals surface area contributed by atoms with Gasteiger partial charge in [-0.3, -0.25) is 9.88 Å². The third-order valence-electron chi connectivity index (χ3n) is 2.70. The van der Waals surface area contributed by atoms with Gasteiger partial charge in [0, 0.05) is 19.1 Å². The first-order valence-corrected chi connectivity index (χ1v) is 6.23. The predicted octanol–water partition coefficient (Wildman–Crippen LogP) is 2.75. The largest absolute Gasteiger partial charge is 0.294 e. The second kappa shape index (κ2) is 5.11. The van der Waals surface area contributed by atoms with Crippen LogP contribution in [-0.2, 0) is 6.54 Å². The van der Waals surface area contributed by atoms with E-state index in [-0.39, 0.29) is 0 Å². The Labute approximate surface area is 102 Å². The van der Waals surface area contributed by atoms with Crippen LogP contribution < -0.4 is 0 Å². The van der Waals surface area contributed by atoms with Crippen LogP contribution >= 0.6 is 11.6 Å². The van der Waals surface area contributed by atoms with E-state index < -0.39 is 0 Å². The number of hydrogen-bond acceptors (Lipinski definition) is 3. The lowest BCUT2D eigenvalue weighted by Gasteiger charge is -2.23. The molecule has 1 aromatic rings. The van der Waals surface area contributed by atoms with Gasteiger partial charge in [0.25, 0.3) is 0 Å². The quantitative estimate of drug-likeness (QED) is 0.791. The van der Waals surface area contributed by atoms with Crippen molar-refractivity contribution in [2.24, 2.45) is 5.92 Å². The third kappa shape index (κ3) is 3.42. The molecule has 1 fully saturated rings. The van der Waals surface area contributed by atoms with E-state index in [9.17, 15) is 0 Å². The van der Waals surface area contributed by atoms with Crippen molar-refractivity contribution in [1.82, 2.24) is 14.9 Å². The van der Waals surface area contributed by atoms with E-state index in [1.807, 2.05) is 0 Å². The lowest BCUT2D eigenvalue weighted by atomic mass is 10.2. The molecule has 0 aromatic carbocycles. The SMILES string of the molecule is CC(C)CN(Cc1cnc(Cl)cn1)C1CC1. The van der Waals surface area contributed by atoms with E-state index in [1.165, 1.54) is 12.8 Å². The number of aromatic nitrogens is 2. The van der Waals surface area contributed by atoms with Crippen LogP contribution in [0.5, 0.6) is 0 Å². The maximum Gasteiger partial charge on any atom is 0.147 e. The van der Waals surface area contributed by atoms with Crippen molar-refractivity contribution in [3.8, 4) is 0 Å². The van der Waals surface area contributed by atoms with Gasteiger partial charge in [0.2, 0.25) is 0 Å². The maximum absolute atomic E-state index is 5.72. The first-order valence-electron chi connectivity index (χ1n) is 5.85. The Hall–Kier alpha value is -0.670. The molecular formula is C12H18ClN3. The summed E-state index contributed by atoms with van der Waals surface area (Å²) in [7, 11) is 0. The van der Waals surface area contributed by atoms with E-state index >= 15 is 0 Å². The summed E-state index contributed by atoms with van der Waals surface area (Å²) in [4.78, 5) is 10.9. The fourth-order valence-corrected chi connectivity index (χ4v) is 1.98. The Balaban J connectivity index is 1.96. The normalized spacial score (nSPS) is 16.1. The van der Waals surface area contributed by atoms with E-state index in [0.717, 1.165) is 24.8 Å². The summed E-state index contributed by atoms with van der Waals surface area (Å²) in [6, 6.07) is 0.764. The first-order chi connectivity index (χ1) is 7.65. The molecular weight excluding hydrogens is 222 g/mol. The van der Waals surface area contributed by atoms with Crippen molar-refractivity contribution in [3.05, 3.63) is 23.2 Å². The fraction of sp³-hybridized carbons (Fsp3) is 0.667. The highest BCUT2D eigenvalue weighted by Gasteiger charge is 2.29. The molecule has 0 saturated heterocycles. The highest BCUT2D eigenvalue weighted by atomic mass is 35.5. The minimum Gasteiger partial charge on any atom is -0.294 e. The summed E-state index contributed by atoms with van der Waals surface area (Å²) < 4.78 is 0. The van der Waals surface area contributed by atoms with Crippen molar-refractivity contribution in [1.29, 1.82) is 0 Å². The van der Waals surface area contributed by atoms with Gasteiger partial charge in [-0.1, -0.05) is 25.4 Å². The van der Waals surface area contributed by atoms with Gasteiger partial charge in [-0.25, -0.2) is 4.98 Å². The van der Waals surface area contributed by atoms with E-state index in [2.05, 4.69) is 28.7 Å². The van der Waals surface area contributed by atoms with Crippen LogP contribution in [0.4, 0.5) is 0 Å². The van der Waals surface area contributed by atoms with Crippen molar-refractivity contribution in [3.63, 3.8) is 0 Å². The zero-order valence-electron chi connectivity index (χ0n) is 9.86. The van der Waals surface area contributed by atoms with Crippen molar-refractivity contribution < 1.29 is 0 Å². The summed E-state index contributed by atoms with van der Waals surface area (Å²) in [6.07, 6.45) is 6.05. The zero-order valence-corrected chi connectivity index (χ0v) is 10.6. The Bertz CT molecular complexity index is 333. The molecule has 0 unspecified atom stereocenters. The van der Waals surface area contributed by atoms with Crippen molar-refractivity contribution in [2.45, 2.75) is 39.3 Å². The molecule has 0 aliphatic heterocycles. The number of rotatable bonds is 5. The lowest BCUT2D eigenvalue weighted by Crippen LogP contribution is -2.29. The van der Waals surface area contributed by atoms with Gasteiger partial charge in [0.15, 0.2) is 0 Å². The van der Waals surface area contributed by atoms with Crippen LogP contribution in [0.3, 0.4) is 0 Å². The molecule has 1 aliphatic carbocycles. The van der Waals surface area contributed by atoms with Crippen LogP contribution in [0.1, 0.15) is 32.4 Å². The molecule has 0 spiro atoms. The average molecular weight is 240 g/mol. The van der Waals surface area contributed by atoms with Crippen molar-refractivity contribution in [2.75, 3.05) is 6.54 Å². The van der Waals surface area contributed by atoms with Crippen LogP contribution in [0, 0.1) is 5.92 Å². The van der Waals surface area contributed by atoms with Gasteiger partial charge >= 0.3 is 0 Å². The molecule has 1 heterocycles. The Kier molecular flexibility index (Phi) is 3.77. The molecule has 1 saturated carbocycles. The van der Waals surface area contributed by atoms with E-state index in [1.54, 1.807) is 12.4 Å². The highest BCUT2D eigenvalue weighted by molar-refractivity contribution is 6.29. The lowest BCUT2D eigenvalue weighted by molar-refractivity contribution is 0.223. The van der Waals surface area contributed by atoms with Gasteiger partial charge < -0.3 is 0 Å². The number of nitrogens with zero attached hydrogens (tertiary/aromatic N) is 3. The van der Waals surface area contributed by atoms with Crippen LogP contribution in [0.25, 0.3) is 0 Å². The third-order valence-corrected chi connectivity index (χ3v) is 2.90. The molecule has 2 rings (SSSR count). The highest BCUT2D eigenvalue weighted by Crippen LogP contribution is 2.28. The molecule has 0 bridgehead atoms. The average Bonchev–Trinajstić information content (AvgIpc) is 3.03. The van der Waals surface area contributed by atoms with E-state index in [0.29, 0.717) is 11.1 Å². The van der Waals surface area contributed by atoms with E-state index in [4.69, 9.17) is 11.6 Å². The molecule has 1 aromatic heterocycles. The molecule has 0 atom stereocenters. The van der Waals surface area contributed by atoms with Gasteiger partial charge in [-0.05, 0) is 18.8 Å². The zero-order chi connectivity index (χ0) is 11.5. The van der Waals surface area contributed by atoms with Gasteiger partial charge in [0.1, 0.15) is 5.15 Å². The fourth-order valence-electron chi connectivity index (χ4n) is 1.88. The number of hydrogen-bond donors (Lipinski definition) is 0. The van der Waals surface area contributed by atoms with Crippen LogP contribution in [-0.4, -0.2) is 27.5 Å². The molecule has 1 aliphatic rings. The minimum atomic E-state index is 0.464. The molecule has 0 radical (unpaired) electrons. The second-order valence-corrected chi connectivity index (χ2v) is 5.27. The number of halogens is 1. The Morgan fingerprint density at radius 3 is 2.62 bits per heavy atom. The summed E-state index contributed by atoms with van der Waals surface area (Å²) in [5.74, 6) is 0.695. The molecule has 4 heteroatoms. The minimum absolute atomic E-state index is 0.464. The predicted molar refractivity (Wildman–Crippen MR) is 65.3 cm³/mol. The molecule has 3 nitrogen and oxygen atoms in total. The summed E-state index contributed by atoms with van der Waals surface area (Å²) >= 11 is 5.72. The van der Waals surface area contributed by atoms with Crippen molar-refractivity contribution >= 4 is 11.6 Å². The smallest absolute Gasteiger partial charge is 0.147 e. The van der Waals surface area contributed by atoms with Gasteiger partial charge in [0.05, 0.1) is 18.1 Å². The Morgan fingerprint density at radius 1 is 1.38 bits per heavy atom.